The van der Waals surface area contributed by atoms with Gasteiger partial charge in [-0.15, -0.1) is 12.4 Å². The number of thioether (sulfide) groups is 1. The summed E-state index contributed by atoms with van der Waals surface area (Å²) in [5.74, 6) is 0.225. The van der Waals surface area contributed by atoms with E-state index in [1.165, 1.54) is 12.8 Å². The molecule has 2 atom stereocenters. The van der Waals surface area contributed by atoms with Crippen LogP contribution < -0.4 is 11.1 Å². The van der Waals surface area contributed by atoms with E-state index in [1.54, 1.807) is 0 Å². The summed E-state index contributed by atoms with van der Waals surface area (Å²) in [6.45, 7) is 3.32. The van der Waals surface area contributed by atoms with E-state index in [0.717, 1.165) is 24.0 Å². The van der Waals surface area contributed by atoms with Gasteiger partial charge in [-0.3, -0.25) is 4.79 Å². The van der Waals surface area contributed by atoms with Crippen LogP contribution in [0.5, 0.6) is 0 Å². The van der Waals surface area contributed by atoms with Crippen LogP contribution >= 0.6 is 24.2 Å². The predicted octanol–water partition coefficient (Wildman–Crippen LogP) is 3.25. The fraction of sp³-hybridized carbons (Fsp3) is 0.588. The van der Waals surface area contributed by atoms with Crippen LogP contribution in [-0.2, 0) is 17.9 Å². The van der Waals surface area contributed by atoms with Crippen LogP contribution in [0.3, 0.4) is 0 Å². The zero-order valence-electron chi connectivity index (χ0n) is 13.0. The second-order valence-corrected chi connectivity index (χ2v) is 8.24. The molecule has 2 heterocycles. The Balaban J connectivity index is 0.00000176. The van der Waals surface area contributed by atoms with E-state index in [1.807, 2.05) is 24.3 Å². The Hall–Kier alpha value is -0.710. The number of hydrogen-bond acceptors (Lipinski definition) is 3. The molecule has 0 aromatic heterocycles. The Labute approximate surface area is 143 Å². The van der Waals surface area contributed by atoms with Gasteiger partial charge in [-0.2, -0.15) is 11.8 Å². The molecule has 0 spiro atoms. The van der Waals surface area contributed by atoms with Crippen molar-refractivity contribution in [2.24, 2.45) is 11.1 Å². The summed E-state index contributed by atoms with van der Waals surface area (Å²) in [6.07, 6.45) is 4.65. The standard InChI is InChI=1S/C17H24N2OS.ClH/c1-17(8-14-6-7-15(9-17)21-14)16(20)19-11-13-4-2-12(10-18)3-5-13;/h2-5,14-15H,6-11,18H2,1H3,(H,19,20);1H. The second-order valence-electron chi connectivity index (χ2n) is 6.63. The minimum Gasteiger partial charge on any atom is -0.352 e. The molecule has 0 saturated carbocycles. The molecule has 5 heteroatoms. The fourth-order valence-corrected chi connectivity index (χ4v) is 5.56. The van der Waals surface area contributed by atoms with Crippen LogP contribution in [0, 0.1) is 5.41 Å². The highest BCUT2D eigenvalue weighted by atomic mass is 35.5. The van der Waals surface area contributed by atoms with Crippen LogP contribution in [0.15, 0.2) is 24.3 Å². The van der Waals surface area contributed by atoms with Crippen molar-refractivity contribution in [3.63, 3.8) is 0 Å². The summed E-state index contributed by atoms with van der Waals surface area (Å²) in [5.41, 5.74) is 7.68. The van der Waals surface area contributed by atoms with Gasteiger partial charge in [-0.1, -0.05) is 31.2 Å². The smallest absolute Gasteiger partial charge is 0.226 e. The number of benzene rings is 1. The highest BCUT2D eigenvalue weighted by molar-refractivity contribution is 8.00. The SMILES string of the molecule is CC1(C(=O)NCc2ccc(CN)cc2)CC2CCC(C1)S2.Cl. The number of nitrogens with one attached hydrogen (secondary N) is 1. The quantitative estimate of drug-likeness (QED) is 0.884. The molecule has 0 radical (unpaired) electrons. The van der Waals surface area contributed by atoms with Crippen molar-refractivity contribution in [1.82, 2.24) is 5.32 Å². The molecular formula is C17H25ClN2OS. The molecule has 22 heavy (non-hydrogen) atoms. The van der Waals surface area contributed by atoms with Crippen LogP contribution in [-0.4, -0.2) is 16.4 Å². The molecule has 3 nitrogen and oxygen atoms in total. The third-order valence-electron chi connectivity index (χ3n) is 4.81. The molecule has 2 bridgehead atoms. The van der Waals surface area contributed by atoms with Gasteiger partial charge in [-0.05, 0) is 36.8 Å². The molecular weight excluding hydrogens is 316 g/mol. The summed E-state index contributed by atoms with van der Waals surface area (Å²) >= 11 is 2.10. The van der Waals surface area contributed by atoms with Crippen molar-refractivity contribution >= 4 is 30.1 Å². The Bertz CT molecular complexity index is 508. The van der Waals surface area contributed by atoms with Gasteiger partial charge in [0, 0.05) is 29.0 Å². The van der Waals surface area contributed by atoms with Gasteiger partial charge in [0.1, 0.15) is 0 Å². The molecule has 2 aliphatic heterocycles. The highest BCUT2D eigenvalue weighted by Crippen LogP contribution is 2.51. The maximum atomic E-state index is 12.6. The van der Waals surface area contributed by atoms with Gasteiger partial charge in [-0.25, -0.2) is 0 Å². The lowest BCUT2D eigenvalue weighted by Gasteiger charge is -2.36. The molecule has 122 valence electrons. The average Bonchev–Trinajstić information content (AvgIpc) is 2.84. The fourth-order valence-electron chi connectivity index (χ4n) is 3.54. The lowest BCUT2D eigenvalue weighted by molar-refractivity contribution is -0.131. The van der Waals surface area contributed by atoms with Gasteiger partial charge in [0.15, 0.2) is 0 Å². The van der Waals surface area contributed by atoms with Gasteiger partial charge in [0.25, 0.3) is 0 Å². The minimum absolute atomic E-state index is 0. The third kappa shape index (κ3) is 3.79. The molecule has 2 saturated heterocycles. The van der Waals surface area contributed by atoms with Crippen molar-refractivity contribution in [3.8, 4) is 0 Å². The lowest BCUT2D eigenvalue weighted by Crippen LogP contribution is -2.43. The van der Waals surface area contributed by atoms with Gasteiger partial charge in [0.2, 0.25) is 5.91 Å². The van der Waals surface area contributed by atoms with Crippen molar-refractivity contribution < 1.29 is 4.79 Å². The number of halogens is 1. The number of carbonyl (C=O) groups is 1. The summed E-state index contributed by atoms with van der Waals surface area (Å²) in [7, 11) is 0. The topological polar surface area (TPSA) is 55.1 Å². The van der Waals surface area contributed by atoms with Crippen LogP contribution in [0.4, 0.5) is 0 Å². The molecule has 1 aromatic rings. The Morgan fingerprint density at radius 2 is 1.77 bits per heavy atom. The largest absolute Gasteiger partial charge is 0.352 e. The van der Waals surface area contributed by atoms with Crippen molar-refractivity contribution in [1.29, 1.82) is 0 Å². The maximum Gasteiger partial charge on any atom is 0.226 e. The molecule has 1 amide bonds. The van der Waals surface area contributed by atoms with Gasteiger partial charge in [0.05, 0.1) is 0 Å². The Morgan fingerprint density at radius 3 is 2.32 bits per heavy atom. The van der Waals surface area contributed by atoms with E-state index in [9.17, 15) is 4.79 Å². The minimum atomic E-state index is -0.172. The molecule has 0 aliphatic carbocycles. The van der Waals surface area contributed by atoms with Crippen molar-refractivity contribution in [3.05, 3.63) is 35.4 Å². The number of nitrogens with two attached hydrogens (primary N) is 1. The number of amides is 1. The average molecular weight is 341 g/mol. The number of hydrogen-bond donors (Lipinski definition) is 2. The lowest BCUT2D eigenvalue weighted by atomic mass is 9.81. The summed E-state index contributed by atoms with van der Waals surface area (Å²) in [4.78, 5) is 12.6. The van der Waals surface area contributed by atoms with Gasteiger partial charge >= 0.3 is 0 Å². The molecule has 1 aromatic carbocycles. The maximum absolute atomic E-state index is 12.6. The third-order valence-corrected chi connectivity index (χ3v) is 6.39. The van der Waals surface area contributed by atoms with Crippen LogP contribution in [0.25, 0.3) is 0 Å². The van der Waals surface area contributed by atoms with E-state index >= 15 is 0 Å². The van der Waals surface area contributed by atoms with E-state index < -0.39 is 0 Å². The summed E-state index contributed by atoms with van der Waals surface area (Å²) < 4.78 is 0. The van der Waals surface area contributed by atoms with Crippen LogP contribution in [0.2, 0.25) is 0 Å². The summed E-state index contributed by atoms with van der Waals surface area (Å²) in [5, 5.41) is 4.53. The molecule has 3 N–H and O–H groups in total. The normalized spacial score (nSPS) is 29.7. The summed E-state index contributed by atoms with van der Waals surface area (Å²) in [6, 6.07) is 8.15. The van der Waals surface area contributed by atoms with E-state index in [4.69, 9.17) is 5.73 Å². The number of fused-ring (bicyclic) bond motifs is 2. The molecule has 2 fully saturated rings. The number of carbonyl (C=O) groups excluding carboxylic acids is 1. The van der Waals surface area contributed by atoms with Crippen molar-refractivity contribution in [2.45, 2.75) is 56.2 Å². The predicted molar refractivity (Wildman–Crippen MR) is 95.2 cm³/mol. The second kappa shape index (κ2) is 7.24. The molecule has 2 unspecified atom stereocenters. The monoisotopic (exact) mass is 340 g/mol. The first-order valence-corrected chi connectivity index (χ1v) is 8.75. The first kappa shape index (κ1) is 17.6. The van der Waals surface area contributed by atoms with E-state index in [0.29, 0.717) is 23.6 Å². The number of rotatable bonds is 4. The Kier molecular flexibility index (Phi) is 5.81. The Morgan fingerprint density at radius 1 is 1.23 bits per heavy atom. The van der Waals surface area contributed by atoms with Crippen molar-refractivity contribution in [2.75, 3.05) is 0 Å². The first-order chi connectivity index (χ1) is 10.1. The highest BCUT2D eigenvalue weighted by Gasteiger charge is 2.45. The first-order valence-electron chi connectivity index (χ1n) is 7.81. The van der Waals surface area contributed by atoms with Crippen LogP contribution in [0.1, 0.15) is 43.7 Å². The van der Waals surface area contributed by atoms with Gasteiger partial charge < -0.3 is 11.1 Å². The zero-order valence-corrected chi connectivity index (χ0v) is 14.6. The molecule has 3 rings (SSSR count). The zero-order chi connectivity index (χ0) is 14.9. The van der Waals surface area contributed by atoms with E-state index in [2.05, 4.69) is 24.0 Å². The van der Waals surface area contributed by atoms with E-state index in [-0.39, 0.29) is 23.7 Å². The molecule has 2 aliphatic rings.